The Balaban J connectivity index is 3.33. The molecule has 0 aromatic heterocycles. The van der Waals surface area contributed by atoms with E-state index in [-0.39, 0.29) is 0 Å². The lowest BCUT2D eigenvalue weighted by Gasteiger charge is -2.18. The molecule has 0 fully saturated rings. The van der Waals surface area contributed by atoms with E-state index >= 15 is 0 Å². The van der Waals surface area contributed by atoms with E-state index in [4.69, 9.17) is 4.74 Å². The summed E-state index contributed by atoms with van der Waals surface area (Å²) in [7, 11) is 0. The first-order valence-electron chi connectivity index (χ1n) is 6.91. The van der Waals surface area contributed by atoms with Crippen LogP contribution in [0, 0.1) is 5.92 Å². The standard InChI is InChI=1S/C14H31NO/c1-6-8-13(4)15-11-14(5)16-10-7-9-12(2)3/h12-15H,6-11H2,1-5H3. The number of nitrogens with one attached hydrogen (secondary N) is 1. The van der Waals surface area contributed by atoms with E-state index in [1.54, 1.807) is 0 Å². The molecular weight excluding hydrogens is 198 g/mol. The van der Waals surface area contributed by atoms with E-state index in [1.165, 1.54) is 25.7 Å². The zero-order chi connectivity index (χ0) is 12.4. The molecule has 0 saturated carbocycles. The summed E-state index contributed by atoms with van der Waals surface area (Å²) in [6.07, 6.45) is 5.29. The van der Waals surface area contributed by atoms with Crippen LogP contribution in [0.4, 0.5) is 0 Å². The summed E-state index contributed by atoms with van der Waals surface area (Å²) in [4.78, 5) is 0. The Morgan fingerprint density at radius 2 is 1.75 bits per heavy atom. The third-order valence-electron chi connectivity index (χ3n) is 2.80. The zero-order valence-corrected chi connectivity index (χ0v) is 11.9. The van der Waals surface area contributed by atoms with Crippen LogP contribution in [-0.2, 0) is 4.74 Å². The Kier molecular flexibility index (Phi) is 10.0. The van der Waals surface area contributed by atoms with Crippen molar-refractivity contribution >= 4 is 0 Å². The largest absolute Gasteiger partial charge is 0.377 e. The monoisotopic (exact) mass is 229 g/mol. The molecular formula is C14H31NO. The van der Waals surface area contributed by atoms with E-state index in [1.807, 2.05) is 0 Å². The first-order chi connectivity index (χ1) is 7.56. The highest BCUT2D eigenvalue weighted by atomic mass is 16.5. The summed E-state index contributed by atoms with van der Waals surface area (Å²) in [6, 6.07) is 0.617. The molecule has 0 rings (SSSR count). The van der Waals surface area contributed by atoms with E-state index in [2.05, 4.69) is 39.9 Å². The molecule has 0 aliphatic heterocycles. The lowest BCUT2D eigenvalue weighted by Crippen LogP contribution is -2.33. The Morgan fingerprint density at radius 3 is 2.31 bits per heavy atom. The molecule has 2 unspecified atom stereocenters. The summed E-state index contributed by atoms with van der Waals surface area (Å²) in [5.74, 6) is 0.793. The predicted octanol–water partition coefficient (Wildman–Crippen LogP) is 3.61. The smallest absolute Gasteiger partial charge is 0.0671 e. The van der Waals surface area contributed by atoms with Crippen molar-refractivity contribution in [2.75, 3.05) is 13.2 Å². The van der Waals surface area contributed by atoms with E-state index in [0.29, 0.717) is 12.1 Å². The molecule has 16 heavy (non-hydrogen) atoms. The molecule has 98 valence electrons. The van der Waals surface area contributed by atoms with Gasteiger partial charge in [0.15, 0.2) is 0 Å². The normalized spacial score (nSPS) is 15.4. The molecule has 0 bridgehead atoms. The summed E-state index contributed by atoms with van der Waals surface area (Å²) >= 11 is 0. The highest BCUT2D eigenvalue weighted by Gasteiger charge is 2.05. The van der Waals surface area contributed by atoms with Gasteiger partial charge in [-0.2, -0.15) is 0 Å². The van der Waals surface area contributed by atoms with Crippen LogP contribution >= 0.6 is 0 Å². The fourth-order valence-corrected chi connectivity index (χ4v) is 1.74. The summed E-state index contributed by atoms with van der Waals surface area (Å²) in [5.41, 5.74) is 0. The summed E-state index contributed by atoms with van der Waals surface area (Å²) in [5, 5.41) is 3.51. The molecule has 0 amide bonds. The maximum Gasteiger partial charge on any atom is 0.0671 e. The fourth-order valence-electron chi connectivity index (χ4n) is 1.74. The van der Waals surface area contributed by atoms with Crippen LogP contribution < -0.4 is 5.32 Å². The molecule has 0 aliphatic carbocycles. The first-order valence-corrected chi connectivity index (χ1v) is 6.91. The van der Waals surface area contributed by atoms with Gasteiger partial charge in [0, 0.05) is 19.2 Å². The molecule has 0 spiro atoms. The molecule has 2 nitrogen and oxygen atoms in total. The molecule has 2 heteroatoms. The Hall–Kier alpha value is -0.0800. The molecule has 2 atom stereocenters. The maximum atomic E-state index is 5.76. The zero-order valence-electron chi connectivity index (χ0n) is 11.9. The minimum Gasteiger partial charge on any atom is -0.377 e. The summed E-state index contributed by atoms with van der Waals surface area (Å²) in [6.45, 7) is 13.0. The van der Waals surface area contributed by atoms with Crippen molar-refractivity contribution in [2.24, 2.45) is 5.92 Å². The van der Waals surface area contributed by atoms with Crippen LogP contribution in [0.25, 0.3) is 0 Å². The van der Waals surface area contributed by atoms with Crippen molar-refractivity contribution in [3.05, 3.63) is 0 Å². The van der Waals surface area contributed by atoms with Crippen LogP contribution in [0.5, 0.6) is 0 Å². The lowest BCUT2D eigenvalue weighted by atomic mass is 10.1. The molecule has 0 saturated heterocycles. The Bertz CT molecular complexity index is 148. The average molecular weight is 229 g/mol. The number of ether oxygens (including phenoxy) is 1. The van der Waals surface area contributed by atoms with Crippen LogP contribution in [0.1, 0.15) is 60.3 Å². The summed E-state index contributed by atoms with van der Waals surface area (Å²) < 4.78 is 5.76. The van der Waals surface area contributed by atoms with E-state index in [9.17, 15) is 0 Å². The van der Waals surface area contributed by atoms with Gasteiger partial charge < -0.3 is 10.1 Å². The topological polar surface area (TPSA) is 21.3 Å². The van der Waals surface area contributed by atoms with Crippen LogP contribution in [0.15, 0.2) is 0 Å². The van der Waals surface area contributed by atoms with Gasteiger partial charge in [-0.05, 0) is 39.0 Å². The minimum atomic E-state index is 0.339. The highest BCUT2D eigenvalue weighted by Crippen LogP contribution is 2.04. The van der Waals surface area contributed by atoms with E-state index < -0.39 is 0 Å². The van der Waals surface area contributed by atoms with Crippen LogP contribution in [0.3, 0.4) is 0 Å². The fraction of sp³-hybridized carbons (Fsp3) is 1.00. The van der Waals surface area contributed by atoms with Gasteiger partial charge in [-0.25, -0.2) is 0 Å². The number of hydrogen-bond acceptors (Lipinski definition) is 2. The second-order valence-electron chi connectivity index (χ2n) is 5.32. The second-order valence-corrected chi connectivity index (χ2v) is 5.32. The first kappa shape index (κ1) is 15.9. The van der Waals surface area contributed by atoms with Crippen molar-refractivity contribution in [2.45, 2.75) is 72.4 Å². The second kappa shape index (κ2) is 10.1. The molecule has 0 aromatic carbocycles. The average Bonchev–Trinajstić information content (AvgIpc) is 2.22. The van der Waals surface area contributed by atoms with Crippen molar-refractivity contribution in [1.82, 2.24) is 5.32 Å². The minimum absolute atomic E-state index is 0.339. The van der Waals surface area contributed by atoms with Gasteiger partial charge in [-0.1, -0.05) is 27.2 Å². The molecule has 0 radical (unpaired) electrons. The van der Waals surface area contributed by atoms with Gasteiger partial charge in [-0.15, -0.1) is 0 Å². The maximum absolute atomic E-state index is 5.76. The lowest BCUT2D eigenvalue weighted by molar-refractivity contribution is 0.0600. The van der Waals surface area contributed by atoms with Gasteiger partial charge in [0.2, 0.25) is 0 Å². The number of hydrogen-bond donors (Lipinski definition) is 1. The SMILES string of the molecule is CCCC(C)NCC(C)OCCCC(C)C. The van der Waals surface area contributed by atoms with E-state index in [0.717, 1.165) is 19.1 Å². The van der Waals surface area contributed by atoms with Gasteiger partial charge in [0.1, 0.15) is 0 Å². The quantitative estimate of drug-likeness (QED) is 0.578. The highest BCUT2D eigenvalue weighted by molar-refractivity contribution is 4.63. The third kappa shape index (κ3) is 10.4. The predicted molar refractivity (Wildman–Crippen MR) is 71.9 cm³/mol. The van der Waals surface area contributed by atoms with Crippen LogP contribution in [-0.4, -0.2) is 25.3 Å². The third-order valence-corrected chi connectivity index (χ3v) is 2.80. The van der Waals surface area contributed by atoms with Crippen molar-refractivity contribution in [1.29, 1.82) is 0 Å². The molecule has 0 aromatic rings. The van der Waals surface area contributed by atoms with Gasteiger partial charge >= 0.3 is 0 Å². The molecule has 0 aliphatic rings. The number of rotatable bonds is 10. The van der Waals surface area contributed by atoms with Crippen molar-refractivity contribution in [3.63, 3.8) is 0 Å². The van der Waals surface area contributed by atoms with Gasteiger partial charge in [0.25, 0.3) is 0 Å². The van der Waals surface area contributed by atoms with Gasteiger partial charge in [-0.3, -0.25) is 0 Å². The van der Waals surface area contributed by atoms with Crippen molar-refractivity contribution < 1.29 is 4.74 Å². The molecule has 1 N–H and O–H groups in total. The Labute approximate surface area is 102 Å². The van der Waals surface area contributed by atoms with Crippen LogP contribution in [0.2, 0.25) is 0 Å². The van der Waals surface area contributed by atoms with Crippen molar-refractivity contribution in [3.8, 4) is 0 Å². The van der Waals surface area contributed by atoms with Gasteiger partial charge in [0.05, 0.1) is 6.10 Å². The Morgan fingerprint density at radius 1 is 1.06 bits per heavy atom. The molecule has 0 heterocycles.